The van der Waals surface area contributed by atoms with E-state index in [1.807, 2.05) is 61.1 Å². The number of carbonyl (C=O) groups excluding carboxylic acids is 1. The van der Waals surface area contributed by atoms with Crippen molar-refractivity contribution in [1.82, 2.24) is 24.8 Å². The van der Waals surface area contributed by atoms with Crippen molar-refractivity contribution in [1.29, 1.82) is 0 Å². The normalized spacial score (nSPS) is 18.6. The molecule has 1 aromatic carbocycles. The first-order valence-corrected chi connectivity index (χ1v) is 9.32. The van der Waals surface area contributed by atoms with Gasteiger partial charge in [0.15, 0.2) is 5.69 Å². The number of para-hydroxylation sites is 1. The smallest absolute Gasteiger partial charge is 0.276 e. The van der Waals surface area contributed by atoms with Crippen LogP contribution in [0.4, 0.5) is 0 Å². The van der Waals surface area contributed by atoms with Gasteiger partial charge in [0.05, 0.1) is 17.9 Å². The Balaban J connectivity index is 1.80. The van der Waals surface area contributed by atoms with Crippen molar-refractivity contribution in [3.63, 3.8) is 0 Å². The molecule has 2 aromatic rings. The molecule has 1 saturated heterocycles. The Hall–Kier alpha value is -1.86. The van der Waals surface area contributed by atoms with Gasteiger partial charge in [0, 0.05) is 18.8 Å². The van der Waals surface area contributed by atoms with E-state index in [1.54, 1.807) is 6.20 Å². The predicted molar refractivity (Wildman–Crippen MR) is 96.7 cm³/mol. The van der Waals surface area contributed by atoms with E-state index in [1.165, 1.54) is 4.80 Å². The van der Waals surface area contributed by atoms with Gasteiger partial charge in [-0.15, -0.1) is 5.10 Å². The van der Waals surface area contributed by atoms with Crippen molar-refractivity contribution in [3.8, 4) is 5.69 Å². The summed E-state index contributed by atoms with van der Waals surface area (Å²) in [5, 5.41) is 8.65. The van der Waals surface area contributed by atoms with E-state index in [9.17, 15) is 4.79 Å². The molecule has 1 unspecified atom stereocenters. The van der Waals surface area contributed by atoms with Gasteiger partial charge >= 0.3 is 0 Å². The first-order chi connectivity index (χ1) is 11.6. The maximum atomic E-state index is 13.0. The summed E-state index contributed by atoms with van der Waals surface area (Å²) in [4.78, 5) is 18.6. The third-order valence-corrected chi connectivity index (χ3v) is 5.17. The van der Waals surface area contributed by atoms with Crippen molar-refractivity contribution in [2.24, 2.45) is 0 Å². The molecule has 0 bridgehead atoms. The van der Waals surface area contributed by atoms with Gasteiger partial charge in [-0.3, -0.25) is 4.79 Å². The lowest BCUT2D eigenvalue weighted by Crippen LogP contribution is -2.46. The fourth-order valence-electron chi connectivity index (χ4n) is 2.86. The SMILES string of the molecule is CN(C)CC1CSCCCN1C(=O)c1cnn(-c2ccccc2)n1. The van der Waals surface area contributed by atoms with Crippen LogP contribution in [0, 0.1) is 0 Å². The lowest BCUT2D eigenvalue weighted by Gasteiger charge is -2.31. The van der Waals surface area contributed by atoms with Gasteiger partial charge in [-0.25, -0.2) is 0 Å². The number of nitrogens with zero attached hydrogens (tertiary/aromatic N) is 5. The van der Waals surface area contributed by atoms with E-state index in [0.29, 0.717) is 5.69 Å². The minimum atomic E-state index is -0.0217. The van der Waals surface area contributed by atoms with Crippen LogP contribution in [0.5, 0.6) is 0 Å². The summed E-state index contributed by atoms with van der Waals surface area (Å²) in [6, 6.07) is 9.86. The van der Waals surface area contributed by atoms with Crippen LogP contribution in [-0.4, -0.2) is 75.4 Å². The molecule has 128 valence electrons. The van der Waals surface area contributed by atoms with Crippen LogP contribution in [0.2, 0.25) is 0 Å². The van der Waals surface area contributed by atoms with Crippen LogP contribution in [0.3, 0.4) is 0 Å². The van der Waals surface area contributed by atoms with Crippen LogP contribution in [0.15, 0.2) is 36.5 Å². The number of rotatable bonds is 4. The van der Waals surface area contributed by atoms with Crippen molar-refractivity contribution in [2.45, 2.75) is 12.5 Å². The van der Waals surface area contributed by atoms with E-state index in [4.69, 9.17) is 0 Å². The van der Waals surface area contributed by atoms with Gasteiger partial charge in [-0.2, -0.15) is 21.7 Å². The summed E-state index contributed by atoms with van der Waals surface area (Å²) in [5.41, 5.74) is 1.27. The molecule has 2 heterocycles. The number of benzene rings is 1. The van der Waals surface area contributed by atoms with Gasteiger partial charge in [-0.05, 0) is 38.4 Å². The molecule has 0 N–H and O–H groups in total. The summed E-state index contributed by atoms with van der Waals surface area (Å²) in [6.45, 7) is 1.65. The van der Waals surface area contributed by atoms with Crippen molar-refractivity contribution < 1.29 is 4.79 Å². The highest BCUT2D eigenvalue weighted by Gasteiger charge is 2.28. The molecule has 0 saturated carbocycles. The Morgan fingerprint density at radius 2 is 2.12 bits per heavy atom. The second-order valence-electron chi connectivity index (χ2n) is 6.20. The average Bonchev–Trinajstić information content (AvgIpc) is 2.97. The Bertz CT molecular complexity index is 673. The van der Waals surface area contributed by atoms with Crippen molar-refractivity contribution >= 4 is 17.7 Å². The van der Waals surface area contributed by atoms with E-state index < -0.39 is 0 Å². The summed E-state index contributed by atoms with van der Waals surface area (Å²) in [6.07, 6.45) is 2.59. The minimum absolute atomic E-state index is 0.0217. The summed E-state index contributed by atoms with van der Waals surface area (Å²) < 4.78 is 0. The fourth-order valence-corrected chi connectivity index (χ4v) is 3.92. The lowest BCUT2D eigenvalue weighted by atomic mass is 10.2. The monoisotopic (exact) mass is 345 g/mol. The molecule has 1 atom stereocenters. The first-order valence-electron chi connectivity index (χ1n) is 8.16. The Morgan fingerprint density at radius 1 is 1.33 bits per heavy atom. The van der Waals surface area contributed by atoms with Crippen molar-refractivity contribution in [3.05, 3.63) is 42.2 Å². The van der Waals surface area contributed by atoms with Gasteiger partial charge in [-0.1, -0.05) is 18.2 Å². The highest BCUT2D eigenvalue weighted by atomic mass is 32.2. The highest BCUT2D eigenvalue weighted by Crippen LogP contribution is 2.19. The molecule has 0 radical (unpaired) electrons. The molecule has 3 rings (SSSR count). The summed E-state index contributed by atoms with van der Waals surface area (Å²) >= 11 is 1.92. The van der Waals surface area contributed by atoms with E-state index in [-0.39, 0.29) is 11.9 Å². The predicted octanol–water partition coefficient (Wildman–Crippen LogP) is 1.78. The Morgan fingerprint density at radius 3 is 2.88 bits per heavy atom. The zero-order valence-corrected chi connectivity index (χ0v) is 14.9. The number of thioether (sulfide) groups is 1. The zero-order valence-electron chi connectivity index (χ0n) is 14.1. The van der Waals surface area contributed by atoms with Gasteiger partial charge in [0.2, 0.25) is 0 Å². The molecule has 1 aromatic heterocycles. The number of hydrogen-bond acceptors (Lipinski definition) is 5. The first kappa shape index (κ1) is 17.0. The van der Waals surface area contributed by atoms with Gasteiger partial charge in [0.1, 0.15) is 0 Å². The van der Waals surface area contributed by atoms with E-state index in [0.717, 1.165) is 36.7 Å². The number of aromatic nitrogens is 3. The Kier molecular flexibility index (Phi) is 5.52. The quantitative estimate of drug-likeness (QED) is 0.845. The van der Waals surface area contributed by atoms with Crippen LogP contribution >= 0.6 is 11.8 Å². The minimum Gasteiger partial charge on any atom is -0.332 e. The molecule has 6 nitrogen and oxygen atoms in total. The molecule has 1 fully saturated rings. The summed E-state index contributed by atoms with van der Waals surface area (Å²) in [5.74, 6) is 2.05. The fraction of sp³-hybridized carbons (Fsp3) is 0.471. The molecule has 7 heteroatoms. The van der Waals surface area contributed by atoms with E-state index in [2.05, 4.69) is 15.1 Å². The van der Waals surface area contributed by atoms with Crippen LogP contribution in [0.25, 0.3) is 5.69 Å². The number of hydrogen-bond donors (Lipinski definition) is 0. The molecule has 0 aliphatic carbocycles. The number of likely N-dealkylation sites (N-methyl/N-ethyl adjacent to an activating group) is 1. The zero-order chi connectivity index (χ0) is 16.9. The topological polar surface area (TPSA) is 54.3 Å². The van der Waals surface area contributed by atoms with Crippen LogP contribution in [-0.2, 0) is 0 Å². The average molecular weight is 345 g/mol. The maximum Gasteiger partial charge on any atom is 0.276 e. The molecule has 1 aliphatic heterocycles. The molecule has 1 amide bonds. The second-order valence-corrected chi connectivity index (χ2v) is 7.35. The second kappa shape index (κ2) is 7.81. The largest absolute Gasteiger partial charge is 0.332 e. The van der Waals surface area contributed by atoms with Crippen molar-refractivity contribution in [2.75, 3.05) is 38.7 Å². The third kappa shape index (κ3) is 3.96. The number of amides is 1. The molecule has 1 aliphatic rings. The Labute approximate surface area is 146 Å². The van der Waals surface area contributed by atoms with Gasteiger partial charge < -0.3 is 9.80 Å². The number of carbonyl (C=O) groups is 1. The molecular formula is C17H23N5OS. The third-order valence-electron chi connectivity index (χ3n) is 3.97. The molecule has 24 heavy (non-hydrogen) atoms. The summed E-state index contributed by atoms with van der Waals surface area (Å²) in [7, 11) is 4.09. The lowest BCUT2D eigenvalue weighted by molar-refractivity contribution is 0.0669. The maximum absolute atomic E-state index is 13.0. The van der Waals surface area contributed by atoms with E-state index >= 15 is 0 Å². The molecule has 0 spiro atoms. The van der Waals surface area contributed by atoms with Crippen LogP contribution < -0.4 is 0 Å². The molecular weight excluding hydrogens is 322 g/mol. The van der Waals surface area contributed by atoms with Crippen LogP contribution in [0.1, 0.15) is 16.9 Å². The highest BCUT2D eigenvalue weighted by molar-refractivity contribution is 7.99. The standard InChI is InChI=1S/C17H23N5OS/c1-20(2)12-15-13-24-10-6-9-21(15)17(23)16-11-18-22(19-16)14-7-4-3-5-8-14/h3-5,7-8,11,15H,6,9-10,12-13H2,1-2H3. The van der Waals surface area contributed by atoms with Gasteiger partial charge in [0.25, 0.3) is 5.91 Å².